The molecule has 2 aliphatic rings. The van der Waals surface area contributed by atoms with Gasteiger partial charge in [0.25, 0.3) is 0 Å². The Bertz CT molecular complexity index is 429. The molecule has 96 valence electrons. The molecule has 3 rings (SSSR count). The predicted molar refractivity (Wildman–Crippen MR) is 70.9 cm³/mol. The fourth-order valence-electron chi connectivity index (χ4n) is 2.87. The summed E-state index contributed by atoms with van der Waals surface area (Å²) in [5.41, 5.74) is 1.34. The Kier molecular flexibility index (Phi) is 3.43. The number of hydrogen-bond acceptors (Lipinski definition) is 2. The van der Waals surface area contributed by atoms with Gasteiger partial charge in [-0.2, -0.15) is 0 Å². The maximum absolute atomic E-state index is 13.3. The molecule has 0 aliphatic carbocycles. The Balaban J connectivity index is 1.64. The first-order valence-electron chi connectivity index (χ1n) is 6.68. The molecule has 0 radical (unpaired) electrons. The van der Waals surface area contributed by atoms with Crippen molar-refractivity contribution in [1.82, 2.24) is 9.80 Å². The van der Waals surface area contributed by atoms with E-state index in [1.807, 2.05) is 6.07 Å². The van der Waals surface area contributed by atoms with Crippen LogP contribution < -0.4 is 0 Å². The molecule has 1 fully saturated rings. The highest BCUT2D eigenvalue weighted by molar-refractivity contribution is 5.15. The molecule has 1 aromatic rings. The summed E-state index contributed by atoms with van der Waals surface area (Å²) in [5, 5.41) is 0. The minimum atomic E-state index is 0.0674. The summed E-state index contributed by atoms with van der Waals surface area (Å²) in [5.74, 6) is 0.0674. The number of fused-ring (bicyclic) bond motifs is 1. The highest BCUT2D eigenvalue weighted by Crippen LogP contribution is 2.21. The van der Waals surface area contributed by atoms with Crippen molar-refractivity contribution in [2.75, 3.05) is 26.2 Å². The van der Waals surface area contributed by atoms with Gasteiger partial charge in [-0.1, -0.05) is 30.3 Å². The lowest BCUT2D eigenvalue weighted by Gasteiger charge is -2.42. The third kappa shape index (κ3) is 2.62. The lowest BCUT2D eigenvalue weighted by Crippen LogP contribution is -2.53. The average Bonchev–Trinajstić information content (AvgIpc) is 2.39. The lowest BCUT2D eigenvalue weighted by molar-refractivity contribution is 0.0839. The number of piperazine rings is 1. The highest BCUT2D eigenvalue weighted by Gasteiger charge is 2.28. The second-order valence-electron chi connectivity index (χ2n) is 5.19. The first-order valence-corrected chi connectivity index (χ1v) is 6.68. The zero-order chi connectivity index (χ0) is 12.4. The van der Waals surface area contributed by atoms with Gasteiger partial charge in [0.05, 0.1) is 5.83 Å². The molecule has 2 aliphatic heterocycles. The monoisotopic (exact) mass is 246 g/mol. The SMILES string of the molecule is FC1=CC2CN(Cc3ccccc3)CCN2CC1. The Morgan fingerprint density at radius 1 is 1.11 bits per heavy atom. The van der Waals surface area contributed by atoms with Crippen molar-refractivity contribution < 1.29 is 4.39 Å². The molecule has 1 saturated heterocycles. The molecule has 2 nitrogen and oxygen atoms in total. The van der Waals surface area contributed by atoms with E-state index in [4.69, 9.17) is 0 Å². The van der Waals surface area contributed by atoms with Crippen molar-refractivity contribution in [1.29, 1.82) is 0 Å². The number of hydrogen-bond donors (Lipinski definition) is 0. The van der Waals surface area contributed by atoms with Gasteiger partial charge >= 0.3 is 0 Å². The maximum Gasteiger partial charge on any atom is 0.0988 e. The van der Waals surface area contributed by atoms with E-state index in [-0.39, 0.29) is 11.9 Å². The van der Waals surface area contributed by atoms with Crippen molar-refractivity contribution in [2.45, 2.75) is 19.0 Å². The molecule has 0 N–H and O–H groups in total. The van der Waals surface area contributed by atoms with Crippen LogP contribution in [0.25, 0.3) is 0 Å². The van der Waals surface area contributed by atoms with Crippen LogP contribution in [-0.4, -0.2) is 42.0 Å². The van der Waals surface area contributed by atoms with Crippen LogP contribution in [0.4, 0.5) is 4.39 Å². The van der Waals surface area contributed by atoms with E-state index in [9.17, 15) is 4.39 Å². The van der Waals surface area contributed by atoms with Crippen LogP contribution in [0.3, 0.4) is 0 Å². The zero-order valence-electron chi connectivity index (χ0n) is 10.6. The van der Waals surface area contributed by atoms with Crippen molar-refractivity contribution in [2.24, 2.45) is 0 Å². The van der Waals surface area contributed by atoms with Gasteiger partial charge in [-0.3, -0.25) is 9.80 Å². The standard InChI is InChI=1S/C15H19FN2/c16-14-6-7-18-9-8-17(12-15(18)10-14)11-13-4-2-1-3-5-13/h1-5,10,15H,6-9,11-12H2. The van der Waals surface area contributed by atoms with Crippen molar-refractivity contribution in [3.05, 3.63) is 47.8 Å². The molecule has 1 atom stereocenters. The zero-order valence-corrected chi connectivity index (χ0v) is 10.6. The van der Waals surface area contributed by atoms with Gasteiger partial charge in [0.15, 0.2) is 0 Å². The van der Waals surface area contributed by atoms with Crippen LogP contribution in [0.15, 0.2) is 42.2 Å². The summed E-state index contributed by atoms with van der Waals surface area (Å²) in [6, 6.07) is 10.8. The van der Waals surface area contributed by atoms with Crippen molar-refractivity contribution >= 4 is 0 Å². The van der Waals surface area contributed by atoms with Gasteiger partial charge in [0, 0.05) is 45.2 Å². The van der Waals surface area contributed by atoms with Gasteiger partial charge in [-0.05, 0) is 11.6 Å². The third-order valence-corrected chi connectivity index (χ3v) is 3.88. The summed E-state index contributed by atoms with van der Waals surface area (Å²) in [7, 11) is 0. The molecule has 0 saturated carbocycles. The molecular formula is C15H19FN2. The average molecular weight is 246 g/mol. The molecule has 3 heteroatoms. The number of nitrogens with zero attached hydrogens (tertiary/aromatic N) is 2. The summed E-state index contributed by atoms with van der Waals surface area (Å²) >= 11 is 0. The quantitative estimate of drug-likeness (QED) is 0.791. The minimum absolute atomic E-state index is 0.0674. The predicted octanol–water partition coefficient (Wildman–Crippen LogP) is 2.43. The highest BCUT2D eigenvalue weighted by atomic mass is 19.1. The van der Waals surface area contributed by atoms with E-state index in [0.717, 1.165) is 32.7 Å². The topological polar surface area (TPSA) is 6.48 Å². The second kappa shape index (κ2) is 5.21. The van der Waals surface area contributed by atoms with Crippen LogP contribution in [-0.2, 0) is 6.54 Å². The molecule has 0 spiro atoms. The minimum Gasteiger partial charge on any atom is -0.296 e. The second-order valence-corrected chi connectivity index (χ2v) is 5.19. The summed E-state index contributed by atoms with van der Waals surface area (Å²) in [6.45, 7) is 4.94. The van der Waals surface area contributed by atoms with Gasteiger partial charge in [-0.25, -0.2) is 4.39 Å². The van der Waals surface area contributed by atoms with E-state index in [1.165, 1.54) is 5.56 Å². The van der Waals surface area contributed by atoms with Gasteiger partial charge in [-0.15, -0.1) is 0 Å². The van der Waals surface area contributed by atoms with E-state index >= 15 is 0 Å². The molecule has 0 amide bonds. The molecule has 2 heterocycles. The first kappa shape index (κ1) is 11.9. The van der Waals surface area contributed by atoms with Gasteiger partial charge in [0.2, 0.25) is 0 Å². The number of rotatable bonds is 2. The largest absolute Gasteiger partial charge is 0.296 e. The van der Waals surface area contributed by atoms with Gasteiger partial charge in [0.1, 0.15) is 0 Å². The summed E-state index contributed by atoms with van der Waals surface area (Å²) < 4.78 is 13.3. The Morgan fingerprint density at radius 2 is 1.94 bits per heavy atom. The van der Waals surface area contributed by atoms with E-state index in [2.05, 4.69) is 34.1 Å². The fraction of sp³-hybridized carbons (Fsp3) is 0.467. The maximum atomic E-state index is 13.3. The van der Waals surface area contributed by atoms with E-state index in [1.54, 1.807) is 6.08 Å². The lowest BCUT2D eigenvalue weighted by atomic mass is 10.1. The molecule has 1 unspecified atom stereocenters. The van der Waals surface area contributed by atoms with Crippen LogP contribution in [0.2, 0.25) is 0 Å². The fourth-order valence-corrected chi connectivity index (χ4v) is 2.87. The Morgan fingerprint density at radius 3 is 2.78 bits per heavy atom. The summed E-state index contributed by atoms with van der Waals surface area (Å²) in [4.78, 5) is 4.82. The van der Waals surface area contributed by atoms with Crippen LogP contribution in [0.1, 0.15) is 12.0 Å². The van der Waals surface area contributed by atoms with Crippen LogP contribution >= 0.6 is 0 Å². The molecule has 0 bridgehead atoms. The van der Waals surface area contributed by atoms with Crippen molar-refractivity contribution in [3.8, 4) is 0 Å². The molecule has 0 aromatic heterocycles. The number of benzene rings is 1. The van der Waals surface area contributed by atoms with Crippen molar-refractivity contribution in [3.63, 3.8) is 0 Å². The number of halogens is 1. The van der Waals surface area contributed by atoms with Crippen LogP contribution in [0.5, 0.6) is 0 Å². The summed E-state index contributed by atoms with van der Waals surface area (Å²) in [6.07, 6.45) is 2.40. The third-order valence-electron chi connectivity index (χ3n) is 3.88. The molecule has 1 aromatic carbocycles. The Hall–Kier alpha value is -1.19. The van der Waals surface area contributed by atoms with Crippen LogP contribution in [0, 0.1) is 0 Å². The smallest absolute Gasteiger partial charge is 0.0988 e. The van der Waals surface area contributed by atoms with E-state index in [0.29, 0.717) is 6.42 Å². The van der Waals surface area contributed by atoms with Gasteiger partial charge < -0.3 is 0 Å². The molecule has 18 heavy (non-hydrogen) atoms. The molecular weight excluding hydrogens is 227 g/mol. The van der Waals surface area contributed by atoms with E-state index < -0.39 is 0 Å². The normalized spacial score (nSPS) is 25.6. The Labute approximate surface area is 108 Å². The first-order chi connectivity index (χ1) is 8.81.